The second-order valence-electron chi connectivity index (χ2n) is 5.27. The van der Waals surface area contributed by atoms with Gasteiger partial charge in [0.05, 0.1) is 12.8 Å². The van der Waals surface area contributed by atoms with Crippen LogP contribution in [-0.4, -0.2) is 31.3 Å². The van der Waals surface area contributed by atoms with E-state index in [9.17, 15) is 9.90 Å². The van der Waals surface area contributed by atoms with Crippen molar-refractivity contribution in [1.29, 1.82) is 0 Å². The lowest BCUT2D eigenvalue weighted by Crippen LogP contribution is -2.26. The van der Waals surface area contributed by atoms with Gasteiger partial charge in [0.2, 0.25) is 5.91 Å². The van der Waals surface area contributed by atoms with Gasteiger partial charge in [-0.2, -0.15) is 0 Å². The highest BCUT2D eigenvalue weighted by Crippen LogP contribution is 2.28. The fraction of sp³-hybridized carbons (Fsp3) is 0.500. The van der Waals surface area contributed by atoms with Crippen LogP contribution in [0.3, 0.4) is 0 Å². The summed E-state index contributed by atoms with van der Waals surface area (Å²) in [4.78, 5) is 11.1. The molecule has 5 nitrogen and oxygen atoms in total. The smallest absolute Gasteiger partial charge is 0.221 e. The number of benzene rings is 1. The molecule has 0 aliphatic rings. The second-order valence-corrected chi connectivity index (χ2v) is 5.27. The molecule has 0 atom stereocenters. The molecular weight excluding hydrogens is 244 g/mol. The maximum Gasteiger partial charge on any atom is 0.221 e. The molecule has 0 heterocycles. The second kappa shape index (κ2) is 6.43. The summed E-state index contributed by atoms with van der Waals surface area (Å²) in [5.74, 6) is 0.461. The normalized spacial score (nSPS) is 11.0. The number of nitrogens with one attached hydrogen (secondary N) is 2. The average Bonchev–Trinajstić information content (AvgIpc) is 2.37. The molecule has 0 bridgehead atoms. The predicted molar refractivity (Wildman–Crippen MR) is 76.7 cm³/mol. The first-order valence-corrected chi connectivity index (χ1v) is 6.18. The summed E-state index contributed by atoms with van der Waals surface area (Å²) in [7, 11) is 1.56. The van der Waals surface area contributed by atoms with Crippen molar-refractivity contribution in [3.8, 4) is 5.75 Å². The Balaban J connectivity index is 2.79. The predicted octanol–water partition coefficient (Wildman–Crippen LogP) is 2.08. The maximum atomic E-state index is 11.1. The van der Waals surface area contributed by atoms with Gasteiger partial charge < -0.3 is 20.5 Å². The highest BCUT2D eigenvalue weighted by Gasteiger charge is 2.16. The Morgan fingerprint density at radius 2 is 2.11 bits per heavy atom. The van der Waals surface area contributed by atoms with Crippen LogP contribution in [0, 0.1) is 5.41 Å². The summed E-state index contributed by atoms with van der Waals surface area (Å²) in [5, 5.41) is 15.1. The number of rotatable bonds is 6. The molecule has 5 heteroatoms. The number of aliphatic hydroxyl groups is 1. The average molecular weight is 266 g/mol. The third kappa shape index (κ3) is 4.79. The maximum absolute atomic E-state index is 11.1. The van der Waals surface area contributed by atoms with Crippen LogP contribution in [0.15, 0.2) is 18.2 Å². The number of carbonyl (C=O) groups is 1. The van der Waals surface area contributed by atoms with Gasteiger partial charge in [-0.25, -0.2) is 0 Å². The van der Waals surface area contributed by atoms with Crippen LogP contribution in [0.5, 0.6) is 5.75 Å². The summed E-state index contributed by atoms with van der Waals surface area (Å²) in [6.07, 6.45) is 0. The minimum Gasteiger partial charge on any atom is -0.494 e. The van der Waals surface area contributed by atoms with Gasteiger partial charge in [0.15, 0.2) is 0 Å². The monoisotopic (exact) mass is 266 g/mol. The van der Waals surface area contributed by atoms with Crippen LogP contribution >= 0.6 is 0 Å². The first kappa shape index (κ1) is 15.3. The first-order valence-electron chi connectivity index (χ1n) is 6.18. The number of amides is 1. The zero-order valence-corrected chi connectivity index (χ0v) is 11.9. The van der Waals surface area contributed by atoms with E-state index in [1.165, 1.54) is 6.92 Å². The van der Waals surface area contributed by atoms with E-state index in [2.05, 4.69) is 10.6 Å². The van der Waals surface area contributed by atoms with Gasteiger partial charge in [-0.05, 0) is 12.1 Å². The third-order valence-corrected chi connectivity index (χ3v) is 2.71. The van der Waals surface area contributed by atoms with E-state index in [1.807, 2.05) is 26.0 Å². The molecule has 0 aromatic heterocycles. The molecule has 0 fully saturated rings. The number of aliphatic hydroxyl groups excluding tert-OH is 1. The van der Waals surface area contributed by atoms with E-state index in [4.69, 9.17) is 4.74 Å². The molecule has 1 rings (SSSR count). The van der Waals surface area contributed by atoms with E-state index in [1.54, 1.807) is 13.2 Å². The topological polar surface area (TPSA) is 70.6 Å². The lowest BCUT2D eigenvalue weighted by Gasteiger charge is -2.23. The molecule has 0 aliphatic heterocycles. The fourth-order valence-corrected chi connectivity index (χ4v) is 1.49. The number of anilines is 2. The Morgan fingerprint density at radius 1 is 1.42 bits per heavy atom. The van der Waals surface area contributed by atoms with Crippen LogP contribution in [0.4, 0.5) is 11.4 Å². The van der Waals surface area contributed by atoms with Crippen molar-refractivity contribution in [1.82, 2.24) is 0 Å². The molecule has 0 radical (unpaired) electrons. The van der Waals surface area contributed by atoms with Crippen molar-refractivity contribution in [2.75, 3.05) is 30.9 Å². The zero-order valence-electron chi connectivity index (χ0n) is 11.9. The van der Waals surface area contributed by atoms with Gasteiger partial charge in [0.1, 0.15) is 5.75 Å². The van der Waals surface area contributed by atoms with Crippen LogP contribution in [0.1, 0.15) is 20.8 Å². The molecule has 0 saturated carbocycles. The Kier molecular flexibility index (Phi) is 5.18. The Bertz CT molecular complexity index is 444. The number of hydrogen-bond donors (Lipinski definition) is 3. The Hall–Kier alpha value is -1.75. The molecule has 3 N–H and O–H groups in total. The number of ether oxygens (including phenoxy) is 1. The molecule has 0 saturated heterocycles. The summed E-state index contributed by atoms with van der Waals surface area (Å²) in [6, 6.07) is 5.47. The Labute approximate surface area is 114 Å². The highest BCUT2D eigenvalue weighted by molar-refractivity contribution is 5.90. The van der Waals surface area contributed by atoms with Gasteiger partial charge in [0, 0.05) is 37.2 Å². The number of hydrogen-bond acceptors (Lipinski definition) is 4. The quantitative estimate of drug-likeness (QED) is 0.737. The van der Waals surface area contributed by atoms with Crippen molar-refractivity contribution in [2.24, 2.45) is 5.41 Å². The van der Waals surface area contributed by atoms with E-state index in [-0.39, 0.29) is 17.9 Å². The lowest BCUT2D eigenvalue weighted by atomic mass is 9.95. The van der Waals surface area contributed by atoms with Gasteiger partial charge in [0.25, 0.3) is 0 Å². The van der Waals surface area contributed by atoms with Gasteiger partial charge in [-0.1, -0.05) is 13.8 Å². The summed E-state index contributed by atoms with van der Waals surface area (Å²) < 4.78 is 5.24. The van der Waals surface area contributed by atoms with E-state index < -0.39 is 0 Å². The molecule has 0 spiro atoms. The molecule has 1 amide bonds. The molecule has 106 valence electrons. The van der Waals surface area contributed by atoms with Crippen molar-refractivity contribution in [3.63, 3.8) is 0 Å². The number of carbonyl (C=O) groups excluding carboxylic acids is 1. The van der Waals surface area contributed by atoms with Crippen molar-refractivity contribution in [2.45, 2.75) is 20.8 Å². The standard InChI is InChI=1S/C14H22N2O3/c1-10(18)16-12-6-5-11(7-13(12)19-4)15-8-14(2,3)9-17/h5-7,15,17H,8-9H2,1-4H3,(H,16,18). The summed E-state index contributed by atoms with van der Waals surface area (Å²) >= 11 is 0. The summed E-state index contributed by atoms with van der Waals surface area (Å²) in [6.45, 7) is 6.16. The minimum absolute atomic E-state index is 0.112. The van der Waals surface area contributed by atoms with E-state index in [0.29, 0.717) is 18.0 Å². The first-order chi connectivity index (χ1) is 8.88. The van der Waals surface area contributed by atoms with Crippen LogP contribution < -0.4 is 15.4 Å². The van der Waals surface area contributed by atoms with Crippen LogP contribution in [0.25, 0.3) is 0 Å². The summed E-state index contributed by atoms with van der Waals surface area (Å²) in [5.41, 5.74) is 1.33. The molecule has 19 heavy (non-hydrogen) atoms. The van der Waals surface area contributed by atoms with Crippen LogP contribution in [-0.2, 0) is 4.79 Å². The fourth-order valence-electron chi connectivity index (χ4n) is 1.49. The molecule has 0 unspecified atom stereocenters. The minimum atomic E-state index is -0.191. The van der Waals surface area contributed by atoms with Crippen molar-refractivity contribution < 1.29 is 14.6 Å². The van der Waals surface area contributed by atoms with Gasteiger partial charge in [-0.3, -0.25) is 4.79 Å². The van der Waals surface area contributed by atoms with Crippen LogP contribution in [0.2, 0.25) is 0 Å². The van der Waals surface area contributed by atoms with Crippen molar-refractivity contribution >= 4 is 17.3 Å². The lowest BCUT2D eigenvalue weighted by molar-refractivity contribution is -0.114. The van der Waals surface area contributed by atoms with Crippen molar-refractivity contribution in [3.05, 3.63) is 18.2 Å². The highest BCUT2D eigenvalue weighted by atomic mass is 16.5. The third-order valence-electron chi connectivity index (χ3n) is 2.71. The molecular formula is C14H22N2O3. The molecule has 1 aromatic carbocycles. The molecule has 0 aliphatic carbocycles. The SMILES string of the molecule is COc1cc(NCC(C)(C)CO)ccc1NC(C)=O. The van der Waals surface area contributed by atoms with E-state index in [0.717, 1.165) is 5.69 Å². The zero-order chi connectivity index (χ0) is 14.5. The van der Waals surface area contributed by atoms with Gasteiger partial charge >= 0.3 is 0 Å². The van der Waals surface area contributed by atoms with E-state index >= 15 is 0 Å². The molecule has 1 aromatic rings. The number of methoxy groups -OCH3 is 1. The largest absolute Gasteiger partial charge is 0.494 e. The Morgan fingerprint density at radius 3 is 2.63 bits per heavy atom. The van der Waals surface area contributed by atoms with Gasteiger partial charge in [-0.15, -0.1) is 0 Å².